The first-order valence-electron chi connectivity index (χ1n) is 9.98. The van der Waals surface area contributed by atoms with Gasteiger partial charge in [-0.1, -0.05) is 44.5 Å². The van der Waals surface area contributed by atoms with Gasteiger partial charge in [-0.25, -0.2) is 4.79 Å². The van der Waals surface area contributed by atoms with Crippen LogP contribution in [0.5, 0.6) is 11.5 Å². The molecular weight excluding hydrogens is 380 g/mol. The standard InChI is InChI=1S/C24H26N2O4/c1-3-5-14-26-24(28)20(16-25)15-19-8-12-22(13-9-19)30-23(27)17-29-21-10-6-18(4-2)7-11-21/h6-13,15H,3-5,14,17H2,1-2H3,(H,26,28)/b20-15+. The molecule has 0 saturated carbocycles. The highest BCUT2D eigenvalue weighted by molar-refractivity contribution is 6.01. The maximum atomic E-state index is 12.0. The van der Waals surface area contributed by atoms with E-state index in [4.69, 9.17) is 9.47 Å². The topological polar surface area (TPSA) is 88.4 Å². The molecule has 2 rings (SSSR count). The third-order valence-corrected chi connectivity index (χ3v) is 4.29. The lowest BCUT2D eigenvalue weighted by atomic mass is 10.1. The fourth-order valence-electron chi connectivity index (χ4n) is 2.55. The summed E-state index contributed by atoms with van der Waals surface area (Å²) in [5.41, 5.74) is 1.87. The summed E-state index contributed by atoms with van der Waals surface area (Å²) in [4.78, 5) is 24.0. The molecule has 0 heterocycles. The van der Waals surface area contributed by atoms with E-state index in [0.717, 1.165) is 19.3 Å². The largest absolute Gasteiger partial charge is 0.482 e. The Labute approximate surface area is 177 Å². The van der Waals surface area contributed by atoms with E-state index < -0.39 is 11.9 Å². The second-order valence-electron chi connectivity index (χ2n) is 6.61. The summed E-state index contributed by atoms with van der Waals surface area (Å²) in [7, 11) is 0. The number of nitriles is 1. The van der Waals surface area contributed by atoms with Crippen LogP contribution < -0.4 is 14.8 Å². The number of hydrogen-bond donors (Lipinski definition) is 1. The van der Waals surface area contributed by atoms with Gasteiger partial charge in [-0.15, -0.1) is 0 Å². The predicted octanol–water partition coefficient (Wildman–Crippen LogP) is 4.06. The van der Waals surface area contributed by atoms with Crippen LogP contribution >= 0.6 is 0 Å². The lowest BCUT2D eigenvalue weighted by molar-refractivity contribution is -0.136. The molecule has 0 atom stereocenters. The number of carbonyl (C=O) groups is 2. The molecule has 0 fully saturated rings. The summed E-state index contributed by atoms with van der Waals surface area (Å²) in [5.74, 6) is 0.0373. The maximum Gasteiger partial charge on any atom is 0.349 e. The molecular formula is C24H26N2O4. The van der Waals surface area contributed by atoms with Crippen molar-refractivity contribution in [1.29, 1.82) is 5.26 Å². The van der Waals surface area contributed by atoms with Crippen molar-refractivity contribution in [1.82, 2.24) is 5.32 Å². The number of rotatable bonds is 10. The molecule has 0 bridgehead atoms. The Balaban J connectivity index is 1.88. The minimum Gasteiger partial charge on any atom is -0.482 e. The number of aryl methyl sites for hydroxylation is 1. The molecule has 2 aromatic rings. The summed E-state index contributed by atoms with van der Waals surface area (Å²) >= 11 is 0. The monoisotopic (exact) mass is 406 g/mol. The molecule has 156 valence electrons. The van der Waals surface area contributed by atoms with Crippen LogP contribution in [-0.2, 0) is 16.0 Å². The summed E-state index contributed by atoms with van der Waals surface area (Å²) in [6.07, 6.45) is 4.25. The smallest absolute Gasteiger partial charge is 0.349 e. The fraction of sp³-hybridized carbons (Fsp3) is 0.292. The van der Waals surface area contributed by atoms with E-state index in [0.29, 0.717) is 23.6 Å². The van der Waals surface area contributed by atoms with Gasteiger partial charge in [0.1, 0.15) is 23.1 Å². The number of hydrogen-bond acceptors (Lipinski definition) is 5. The SMILES string of the molecule is CCCCNC(=O)/C(C#N)=C/c1ccc(OC(=O)COc2ccc(CC)cc2)cc1. The fourth-order valence-corrected chi connectivity index (χ4v) is 2.55. The molecule has 2 aromatic carbocycles. The second kappa shape index (κ2) is 12.1. The van der Waals surface area contributed by atoms with E-state index in [2.05, 4.69) is 12.2 Å². The van der Waals surface area contributed by atoms with Crippen molar-refractivity contribution in [3.8, 4) is 17.6 Å². The summed E-state index contributed by atoms with van der Waals surface area (Å²) in [6, 6.07) is 16.0. The Morgan fingerprint density at radius 3 is 2.30 bits per heavy atom. The van der Waals surface area contributed by atoms with Gasteiger partial charge < -0.3 is 14.8 Å². The van der Waals surface area contributed by atoms with Crippen molar-refractivity contribution in [2.24, 2.45) is 0 Å². The molecule has 0 radical (unpaired) electrons. The van der Waals surface area contributed by atoms with E-state index in [1.165, 1.54) is 11.6 Å². The highest BCUT2D eigenvalue weighted by Crippen LogP contribution is 2.16. The lowest BCUT2D eigenvalue weighted by Crippen LogP contribution is -2.25. The summed E-state index contributed by atoms with van der Waals surface area (Å²) in [6.45, 7) is 4.42. The lowest BCUT2D eigenvalue weighted by Gasteiger charge is -2.08. The number of amides is 1. The van der Waals surface area contributed by atoms with Gasteiger partial charge in [-0.2, -0.15) is 5.26 Å². The number of unbranched alkanes of at least 4 members (excludes halogenated alkanes) is 1. The molecule has 0 aliphatic carbocycles. The third-order valence-electron chi connectivity index (χ3n) is 4.29. The zero-order valence-corrected chi connectivity index (χ0v) is 17.3. The van der Waals surface area contributed by atoms with E-state index in [1.54, 1.807) is 24.3 Å². The zero-order valence-electron chi connectivity index (χ0n) is 17.3. The number of nitrogens with one attached hydrogen (secondary N) is 1. The Morgan fingerprint density at radius 2 is 1.70 bits per heavy atom. The van der Waals surface area contributed by atoms with Crippen LogP contribution in [0.25, 0.3) is 6.08 Å². The second-order valence-corrected chi connectivity index (χ2v) is 6.61. The van der Waals surface area contributed by atoms with E-state index >= 15 is 0 Å². The molecule has 0 aromatic heterocycles. The first-order chi connectivity index (χ1) is 14.5. The molecule has 0 unspecified atom stereocenters. The van der Waals surface area contributed by atoms with Crippen LogP contribution in [0.1, 0.15) is 37.8 Å². The van der Waals surface area contributed by atoms with Crippen molar-refractivity contribution in [2.45, 2.75) is 33.1 Å². The van der Waals surface area contributed by atoms with Crippen molar-refractivity contribution in [3.63, 3.8) is 0 Å². The molecule has 1 N–H and O–H groups in total. The quantitative estimate of drug-likeness (QED) is 0.211. The number of esters is 1. The Morgan fingerprint density at radius 1 is 1.03 bits per heavy atom. The third kappa shape index (κ3) is 7.44. The molecule has 6 heteroatoms. The van der Waals surface area contributed by atoms with Gasteiger partial charge in [0.05, 0.1) is 0 Å². The Bertz CT molecular complexity index is 910. The highest BCUT2D eigenvalue weighted by atomic mass is 16.6. The maximum absolute atomic E-state index is 12.0. The van der Waals surface area contributed by atoms with Crippen LogP contribution in [0.3, 0.4) is 0 Å². The zero-order chi connectivity index (χ0) is 21.8. The average molecular weight is 406 g/mol. The highest BCUT2D eigenvalue weighted by Gasteiger charge is 2.09. The molecule has 30 heavy (non-hydrogen) atoms. The van der Waals surface area contributed by atoms with Crippen molar-refractivity contribution < 1.29 is 19.1 Å². The molecule has 0 aliphatic heterocycles. The van der Waals surface area contributed by atoms with Crippen LogP contribution in [0, 0.1) is 11.3 Å². The summed E-state index contributed by atoms with van der Waals surface area (Å²) in [5, 5.41) is 11.9. The number of nitrogens with zero attached hydrogens (tertiary/aromatic N) is 1. The van der Waals surface area contributed by atoms with Crippen LogP contribution in [0.15, 0.2) is 54.1 Å². The number of ether oxygens (including phenoxy) is 2. The minimum atomic E-state index is -0.522. The van der Waals surface area contributed by atoms with Crippen molar-refractivity contribution >= 4 is 18.0 Å². The molecule has 6 nitrogen and oxygen atoms in total. The van der Waals surface area contributed by atoms with E-state index in [9.17, 15) is 14.9 Å². The van der Waals surface area contributed by atoms with Crippen LogP contribution in [-0.4, -0.2) is 25.0 Å². The van der Waals surface area contributed by atoms with Crippen molar-refractivity contribution in [2.75, 3.05) is 13.2 Å². The predicted molar refractivity (Wildman–Crippen MR) is 115 cm³/mol. The van der Waals surface area contributed by atoms with Crippen molar-refractivity contribution in [3.05, 3.63) is 65.2 Å². The van der Waals surface area contributed by atoms with Gasteiger partial charge in [0.2, 0.25) is 0 Å². The van der Waals surface area contributed by atoms with E-state index in [-0.39, 0.29) is 12.2 Å². The van der Waals surface area contributed by atoms with Gasteiger partial charge in [-0.05, 0) is 54.3 Å². The van der Waals surface area contributed by atoms with Gasteiger partial charge in [-0.3, -0.25) is 4.79 Å². The van der Waals surface area contributed by atoms with Gasteiger partial charge in [0, 0.05) is 6.54 Å². The number of carbonyl (C=O) groups excluding carboxylic acids is 2. The van der Waals surface area contributed by atoms with Crippen LogP contribution in [0.4, 0.5) is 0 Å². The first-order valence-corrected chi connectivity index (χ1v) is 9.98. The normalized spacial score (nSPS) is 10.8. The average Bonchev–Trinajstić information content (AvgIpc) is 2.77. The van der Waals surface area contributed by atoms with E-state index in [1.807, 2.05) is 37.3 Å². The molecule has 0 saturated heterocycles. The Kier molecular flexibility index (Phi) is 9.14. The van der Waals surface area contributed by atoms with Gasteiger partial charge >= 0.3 is 5.97 Å². The molecule has 0 spiro atoms. The van der Waals surface area contributed by atoms with Gasteiger partial charge in [0.15, 0.2) is 6.61 Å². The summed E-state index contributed by atoms with van der Waals surface area (Å²) < 4.78 is 10.7. The van der Waals surface area contributed by atoms with Gasteiger partial charge in [0.25, 0.3) is 5.91 Å². The molecule has 1 amide bonds. The van der Waals surface area contributed by atoms with Crippen LogP contribution in [0.2, 0.25) is 0 Å². The minimum absolute atomic E-state index is 0.0262. The first kappa shape index (κ1) is 22.7. The Hall–Kier alpha value is -3.59. The number of benzene rings is 2. The molecule has 0 aliphatic rings.